The molecule has 0 spiro atoms. The Kier molecular flexibility index (Phi) is 6.53. The van der Waals surface area contributed by atoms with Gasteiger partial charge < -0.3 is 23.9 Å². The summed E-state index contributed by atoms with van der Waals surface area (Å²) in [4.78, 5) is 47.9. The van der Waals surface area contributed by atoms with Crippen LogP contribution < -0.4 is 15.2 Å². The van der Waals surface area contributed by atoms with E-state index in [2.05, 4.69) is 15.0 Å². The van der Waals surface area contributed by atoms with Crippen LogP contribution in [0.25, 0.3) is 22.7 Å². The molecule has 3 aromatic rings. The molecule has 1 aromatic carbocycles. The minimum absolute atomic E-state index is 0.115. The van der Waals surface area contributed by atoms with Gasteiger partial charge in [0.05, 0.1) is 6.61 Å². The van der Waals surface area contributed by atoms with Gasteiger partial charge in [-0.1, -0.05) is 6.92 Å². The van der Waals surface area contributed by atoms with Crippen molar-refractivity contribution in [2.45, 2.75) is 46.1 Å². The van der Waals surface area contributed by atoms with Gasteiger partial charge in [0.15, 0.2) is 12.1 Å². The van der Waals surface area contributed by atoms with Crippen LogP contribution in [0.15, 0.2) is 21.3 Å². The van der Waals surface area contributed by atoms with Crippen LogP contribution in [0.4, 0.5) is 0 Å². The van der Waals surface area contributed by atoms with Crippen molar-refractivity contribution in [3.05, 3.63) is 33.7 Å². The quantitative estimate of drug-likeness (QED) is 0.506. The summed E-state index contributed by atoms with van der Waals surface area (Å²) in [5.41, 5.74) is 2.04. The van der Waals surface area contributed by atoms with E-state index in [1.54, 1.807) is 12.1 Å². The largest absolute Gasteiger partial charge is 0.483 e. The number of oxazole rings is 1. The number of aliphatic carboxylic acids is 1. The molecule has 2 aromatic heterocycles. The van der Waals surface area contributed by atoms with Crippen molar-refractivity contribution < 1.29 is 28.6 Å². The molecule has 11 nitrogen and oxygen atoms in total. The van der Waals surface area contributed by atoms with E-state index in [-0.39, 0.29) is 30.0 Å². The monoisotopic (exact) mass is 470 g/mol. The second-order valence-corrected chi connectivity index (χ2v) is 8.20. The molecule has 4 rings (SSSR count). The van der Waals surface area contributed by atoms with Gasteiger partial charge >= 0.3 is 11.7 Å². The number of carboxylic acids is 1. The SMILES string of the molecule is CCCOc1nc(=O)[nH]c2oc(-c3cc(C)c(OCC(=O)N4CCC[C@H]4C(=O)O)c(C)c3)nc12. The maximum atomic E-state index is 12.5. The Hall–Kier alpha value is -3.89. The Bertz CT molecular complexity index is 1270. The number of aromatic amines is 1. The number of ether oxygens (including phenoxy) is 2. The normalized spacial score (nSPS) is 15.6. The fraction of sp³-hybridized carbons (Fsp3) is 0.435. The number of fused-ring (bicyclic) bond motifs is 1. The summed E-state index contributed by atoms with van der Waals surface area (Å²) in [5, 5.41) is 9.29. The Labute approximate surface area is 194 Å². The first kappa shape index (κ1) is 23.3. The molecule has 34 heavy (non-hydrogen) atoms. The Morgan fingerprint density at radius 3 is 2.65 bits per heavy atom. The van der Waals surface area contributed by atoms with Crippen LogP contribution in [0.5, 0.6) is 11.6 Å². The van der Waals surface area contributed by atoms with Crippen molar-refractivity contribution in [3.63, 3.8) is 0 Å². The predicted molar refractivity (Wildman–Crippen MR) is 121 cm³/mol. The smallest absolute Gasteiger partial charge is 0.351 e. The lowest BCUT2D eigenvalue weighted by Crippen LogP contribution is -2.42. The number of aromatic nitrogens is 3. The zero-order chi connectivity index (χ0) is 24.4. The molecular formula is C23H26N4O7. The van der Waals surface area contributed by atoms with E-state index in [1.807, 2.05) is 20.8 Å². The molecule has 2 N–H and O–H groups in total. The highest BCUT2D eigenvalue weighted by molar-refractivity contribution is 5.85. The number of H-pyrrole nitrogens is 1. The summed E-state index contributed by atoms with van der Waals surface area (Å²) in [5.74, 6) is -0.441. The van der Waals surface area contributed by atoms with Crippen LogP contribution >= 0.6 is 0 Å². The zero-order valence-corrected chi connectivity index (χ0v) is 19.2. The van der Waals surface area contributed by atoms with Gasteiger partial charge in [-0.15, -0.1) is 0 Å². The van der Waals surface area contributed by atoms with E-state index in [4.69, 9.17) is 13.9 Å². The van der Waals surface area contributed by atoms with Crippen molar-refractivity contribution in [1.82, 2.24) is 19.9 Å². The third-order valence-corrected chi connectivity index (χ3v) is 5.60. The number of aryl methyl sites for hydroxylation is 2. The number of likely N-dealkylation sites (tertiary alicyclic amines) is 1. The first-order valence-corrected chi connectivity index (χ1v) is 11.1. The summed E-state index contributed by atoms with van der Waals surface area (Å²) < 4.78 is 17.1. The van der Waals surface area contributed by atoms with Crippen molar-refractivity contribution in [1.29, 1.82) is 0 Å². The van der Waals surface area contributed by atoms with Crippen LogP contribution in [-0.4, -0.2) is 62.6 Å². The van der Waals surface area contributed by atoms with Crippen molar-refractivity contribution >= 4 is 23.1 Å². The molecule has 0 unspecified atom stereocenters. The van der Waals surface area contributed by atoms with E-state index < -0.39 is 17.7 Å². The fourth-order valence-corrected chi connectivity index (χ4v) is 4.08. The lowest BCUT2D eigenvalue weighted by molar-refractivity contribution is -0.149. The number of carbonyl (C=O) groups excluding carboxylic acids is 1. The van der Waals surface area contributed by atoms with Gasteiger partial charge in [-0.05, 0) is 56.4 Å². The molecule has 1 saturated heterocycles. The number of nitrogens with one attached hydrogen (secondary N) is 1. The number of benzene rings is 1. The van der Waals surface area contributed by atoms with Crippen molar-refractivity contribution in [2.24, 2.45) is 0 Å². The van der Waals surface area contributed by atoms with E-state index in [0.29, 0.717) is 42.8 Å². The van der Waals surface area contributed by atoms with Gasteiger partial charge in [-0.3, -0.25) is 9.78 Å². The molecule has 1 aliphatic heterocycles. The van der Waals surface area contributed by atoms with Gasteiger partial charge in [-0.2, -0.15) is 4.98 Å². The van der Waals surface area contributed by atoms with Gasteiger partial charge in [-0.25, -0.2) is 14.6 Å². The Morgan fingerprint density at radius 2 is 1.97 bits per heavy atom. The van der Waals surface area contributed by atoms with Crippen LogP contribution in [0.3, 0.4) is 0 Å². The third-order valence-electron chi connectivity index (χ3n) is 5.60. The molecule has 180 valence electrons. The van der Waals surface area contributed by atoms with Crippen LogP contribution in [0.2, 0.25) is 0 Å². The highest BCUT2D eigenvalue weighted by atomic mass is 16.5. The summed E-state index contributed by atoms with van der Waals surface area (Å²) in [6.07, 6.45) is 1.86. The summed E-state index contributed by atoms with van der Waals surface area (Å²) in [6, 6.07) is 2.80. The lowest BCUT2D eigenvalue weighted by Gasteiger charge is -2.22. The number of rotatable bonds is 8. The van der Waals surface area contributed by atoms with E-state index >= 15 is 0 Å². The molecule has 0 bridgehead atoms. The fourth-order valence-electron chi connectivity index (χ4n) is 4.08. The maximum absolute atomic E-state index is 12.5. The molecule has 0 radical (unpaired) electrons. The number of amides is 1. The third kappa shape index (κ3) is 4.59. The highest BCUT2D eigenvalue weighted by Crippen LogP contribution is 2.32. The zero-order valence-electron chi connectivity index (χ0n) is 19.2. The molecule has 1 aliphatic rings. The minimum atomic E-state index is -0.999. The van der Waals surface area contributed by atoms with Crippen molar-refractivity contribution in [2.75, 3.05) is 19.8 Å². The van der Waals surface area contributed by atoms with Gasteiger partial charge in [0, 0.05) is 12.1 Å². The summed E-state index contributed by atoms with van der Waals surface area (Å²) in [7, 11) is 0. The number of hydrogen-bond donors (Lipinski definition) is 2. The number of carboxylic acid groups (broad SMARTS) is 1. The van der Waals surface area contributed by atoms with Gasteiger partial charge in [0.25, 0.3) is 5.91 Å². The summed E-state index contributed by atoms with van der Waals surface area (Å²) in [6.45, 7) is 6.15. The standard InChI is InChI=1S/C23H26N4O7/c1-4-8-32-20-17-21(26-23(31)25-20)34-19(24-17)14-9-12(2)18(13(3)10-14)33-11-16(28)27-7-5-6-15(27)22(29)30/h9-10,15H,4-8,11H2,1-3H3,(H,29,30)(H,25,26,31)/t15-/m0/s1. The Morgan fingerprint density at radius 1 is 1.24 bits per heavy atom. The van der Waals surface area contributed by atoms with Gasteiger partial charge in [0.1, 0.15) is 11.8 Å². The van der Waals surface area contributed by atoms with Crippen LogP contribution in [0, 0.1) is 13.8 Å². The molecule has 1 atom stereocenters. The molecular weight excluding hydrogens is 444 g/mol. The Balaban J connectivity index is 1.56. The average Bonchev–Trinajstić information content (AvgIpc) is 3.44. The first-order valence-electron chi connectivity index (χ1n) is 11.1. The molecule has 0 saturated carbocycles. The highest BCUT2D eigenvalue weighted by Gasteiger charge is 2.34. The molecule has 1 fully saturated rings. The number of nitrogens with zero attached hydrogens (tertiary/aromatic N) is 3. The number of hydrogen-bond acceptors (Lipinski definition) is 8. The van der Waals surface area contributed by atoms with Crippen molar-refractivity contribution in [3.8, 4) is 23.1 Å². The van der Waals surface area contributed by atoms with Gasteiger partial charge in [0.2, 0.25) is 17.5 Å². The second kappa shape index (κ2) is 9.54. The minimum Gasteiger partial charge on any atom is -0.483 e. The van der Waals surface area contributed by atoms with Crippen LogP contribution in [-0.2, 0) is 9.59 Å². The van der Waals surface area contributed by atoms with Crippen LogP contribution in [0.1, 0.15) is 37.3 Å². The van der Waals surface area contributed by atoms with E-state index in [9.17, 15) is 19.5 Å². The predicted octanol–water partition coefficient (Wildman–Crippen LogP) is 2.44. The van der Waals surface area contributed by atoms with E-state index in [0.717, 1.165) is 17.5 Å². The average molecular weight is 470 g/mol. The van der Waals surface area contributed by atoms with E-state index in [1.165, 1.54) is 4.90 Å². The first-order chi connectivity index (χ1) is 16.3. The maximum Gasteiger partial charge on any atom is 0.351 e. The lowest BCUT2D eigenvalue weighted by atomic mass is 10.1. The summed E-state index contributed by atoms with van der Waals surface area (Å²) >= 11 is 0. The molecule has 11 heteroatoms. The topological polar surface area (TPSA) is 148 Å². The molecule has 1 amide bonds. The number of carbonyl (C=O) groups is 2. The molecule has 0 aliphatic carbocycles. The molecule has 3 heterocycles. The second-order valence-electron chi connectivity index (χ2n) is 8.20.